The fraction of sp³-hybridized carbons (Fsp3) is 0.294. The largest absolute Gasteiger partial charge is 0.441 e. The first-order chi connectivity index (χ1) is 11.4. The Balaban J connectivity index is 1.87. The monoisotopic (exact) mass is 327 g/mol. The van der Waals surface area contributed by atoms with Gasteiger partial charge in [0.05, 0.1) is 6.54 Å². The van der Waals surface area contributed by atoms with Crippen LogP contribution < -0.4 is 0 Å². The van der Waals surface area contributed by atoms with Crippen LogP contribution in [0.4, 0.5) is 4.79 Å². The van der Waals surface area contributed by atoms with Crippen molar-refractivity contribution in [2.24, 2.45) is 0 Å². The maximum atomic E-state index is 12.3. The van der Waals surface area contributed by atoms with Crippen molar-refractivity contribution in [3.8, 4) is 11.5 Å². The topological polar surface area (TPSA) is 83.7 Å². The van der Waals surface area contributed by atoms with E-state index in [1.165, 1.54) is 0 Å². The Morgan fingerprint density at radius 1 is 1.08 bits per heavy atom. The molecule has 2 heterocycles. The van der Waals surface area contributed by atoms with Crippen LogP contribution in [0.25, 0.3) is 11.5 Å². The van der Waals surface area contributed by atoms with Gasteiger partial charge in [-0.1, -0.05) is 18.2 Å². The molecular weight excluding hydrogens is 310 g/mol. The highest BCUT2D eigenvalue weighted by Crippen LogP contribution is 2.24. The average Bonchev–Trinajstić information content (AvgIpc) is 3.02. The second-order valence-corrected chi connectivity index (χ2v) is 5.83. The summed E-state index contributed by atoms with van der Waals surface area (Å²) < 4.78 is 5.62. The van der Waals surface area contributed by atoms with E-state index in [-0.39, 0.29) is 12.6 Å². The minimum Gasteiger partial charge on any atom is -0.441 e. The molecule has 7 nitrogen and oxygen atoms in total. The molecule has 0 bridgehead atoms. The molecule has 0 N–H and O–H groups in total. The highest BCUT2D eigenvalue weighted by Gasteiger charge is 2.46. The maximum Gasteiger partial charge on any atom is 0.334 e. The zero-order valence-corrected chi connectivity index (χ0v) is 13.6. The second-order valence-electron chi connectivity index (χ2n) is 5.83. The van der Waals surface area contributed by atoms with Gasteiger partial charge in [0, 0.05) is 11.6 Å². The van der Waals surface area contributed by atoms with E-state index in [0.717, 1.165) is 15.4 Å². The van der Waals surface area contributed by atoms with Gasteiger partial charge in [0.25, 0.3) is 0 Å². The summed E-state index contributed by atoms with van der Waals surface area (Å²) in [6.45, 7) is 4.99. The van der Waals surface area contributed by atoms with Crippen LogP contribution in [-0.2, 0) is 16.1 Å². The maximum absolute atomic E-state index is 12.3. The number of imide groups is 2. The Hall–Kier alpha value is -2.96. The fourth-order valence-corrected chi connectivity index (χ4v) is 2.55. The van der Waals surface area contributed by atoms with Gasteiger partial charge in [-0.3, -0.25) is 14.5 Å². The molecule has 0 saturated carbocycles. The zero-order valence-electron chi connectivity index (χ0n) is 13.6. The van der Waals surface area contributed by atoms with E-state index in [2.05, 4.69) is 4.98 Å². The smallest absolute Gasteiger partial charge is 0.334 e. The van der Waals surface area contributed by atoms with Crippen molar-refractivity contribution >= 4 is 17.8 Å². The van der Waals surface area contributed by atoms with Crippen LogP contribution in [0.3, 0.4) is 0 Å². The lowest BCUT2D eigenvalue weighted by molar-refractivity contribution is -0.144. The van der Waals surface area contributed by atoms with Crippen molar-refractivity contribution in [1.82, 2.24) is 14.8 Å². The number of nitrogens with zero attached hydrogens (tertiary/aromatic N) is 3. The minimum absolute atomic E-state index is 0.0885. The minimum atomic E-state index is -0.836. The van der Waals surface area contributed by atoms with Gasteiger partial charge in [-0.2, -0.15) is 0 Å². The Morgan fingerprint density at radius 2 is 1.75 bits per heavy atom. The third-order valence-corrected chi connectivity index (χ3v) is 3.82. The molecule has 0 spiro atoms. The first-order valence-corrected chi connectivity index (χ1v) is 7.61. The van der Waals surface area contributed by atoms with Gasteiger partial charge in [-0.15, -0.1) is 0 Å². The van der Waals surface area contributed by atoms with Crippen LogP contribution in [0.15, 0.2) is 34.7 Å². The summed E-state index contributed by atoms with van der Waals surface area (Å²) in [5.41, 5.74) is 1.25. The predicted molar refractivity (Wildman–Crippen MR) is 84.6 cm³/mol. The van der Waals surface area contributed by atoms with Crippen LogP contribution >= 0.6 is 0 Å². The molecule has 1 saturated heterocycles. The number of hydrogen-bond acceptors (Lipinski definition) is 5. The Morgan fingerprint density at radius 3 is 2.33 bits per heavy atom. The molecule has 7 heteroatoms. The third-order valence-electron chi connectivity index (χ3n) is 3.82. The second kappa shape index (κ2) is 5.92. The summed E-state index contributed by atoms with van der Waals surface area (Å²) in [4.78, 5) is 42.6. The number of oxazole rings is 1. The summed E-state index contributed by atoms with van der Waals surface area (Å²) in [5, 5.41) is 0. The number of rotatable bonds is 4. The highest BCUT2D eigenvalue weighted by atomic mass is 16.4. The molecule has 1 aromatic heterocycles. The van der Waals surface area contributed by atoms with E-state index in [1.54, 1.807) is 20.8 Å². The molecule has 3 rings (SSSR count). The number of aromatic nitrogens is 1. The van der Waals surface area contributed by atoms with E-state index < -0.39 is 17.8 Å². The molecule has 1 aromatic carbocycles. The number of carbonyl (C=O) groups excluding carboxylic acids is 3. The van der Waals surface area contributed by atoms with Crippen molar-refractivity contribution in [1.29, 1.82) is 0 Å². The van der Waals surface area contributed by atoms with Gasteiger partial charge in [0.2, 0.25) is 5.89 Å². The van der Waals surface area contributed by atoms with E-state index in [1.807, 2.05) is 30.3 Å². The summed E-state index contributed by atoms with van der Waals surface area (Å²) in [7, 11) is 0. The fourth-order valence-electron chi connectivity index (χ4n) is 2.55. The number of benzene rings is 1. The number of urea groups is 1. The number of hydrogen-bond donors (Lipinski definition) is 0. The van der Waals surface area contributed by atoms with Gasteiger partial charge in [-0.25, -0.2) is 14.7 Å². The van der Waals surface area contributed by atoms with E-state index >= 15 is 0 Å². The first kappa shape index (κ1) is 15.9. The Kier molecular flexibility index (Phi) is 3.92. The van der Waals surface area contributed by atoms with Crippen molar-refractivity contribution < 1.29 is 18.8 Å². The van der Waals surface area contributed by atoms with E-state index in [0.29, 0.717) is 17.3 Å². The van der Waals surface area contributed by atoms with Gasteiger partial charge in [-0.05, 0) is 32.9 Å². The molecule has 1 fully saturated rings. The molecule has 0 unspecified atom stereocenters. The van der Waals surface area contributed by atoms with Crippen molar-refractivity contribution in [2.45, 2.75) is 33.4 Å². The zero-order chi connectivity index (χ0) is 17.4. The van der Waals surface area contributed by atoms with Gasteiger partial charge in [0.15, 0.2) is 0 Å². The third kappa shape index (κ3) is 2.58. The van der Waals surface area contributed by atoms with E-state index in [9.17, 15) is 14.4 Å². The molecule has 0 radical (unpaired) electrons. The molecule has 0 aliphatic carbocycles. The van der Waals surface area contributed by atoms with Crippen LogP contribution in [0.2, 0.25) is 0 Å². The first-order valence-electron chi connectivity index (χ1n) is 7.61. The lowest BCUT2D eigenvalue weighted by atomic mass is 10.2. The van der Waals surface area contributed by atoms with Crippen molar-refractivity contribution in [3.63, 3.8) is 0 Å². The summed E-state index contributed by atoms with van der Waals surface area (Å²) >= 11 is 0. The van der Waals surface area contributed by atoms with E-state index in [4.69, 9.17) is 4.42 Å². The summed E-state index contributed by atoms with van der Waals surface area (Å²) in [5.74, 6) is -0.726. The standard InChI is InChI=1S/C17H17N3O4/c1-10(2)20-16(22)15(21)19(17(20)23)9-13-11(3)24-14(18-13)12-7-5-4-6-8-12/h4-8,10H,9H2,1-3H3. The predicted octanol–water partition coefficient (Wildman–Crippen LogP) is 2.35. The van der Waals surface area contributed by atoms with Crippen molar-refractivity contribution in [2.75, 3.05) is 0 Å². The number of aryl methyl sites for hydroxylation is 1. The lowest BCUT2D eigenvalue weighted by Crippen LogP contribution is -2.38. The highest BCUT2D eigenvalue weighted by molar-refractivity contribution is 6.44. The molecular formula is C17H17N3O4. The average molecular weight is 327 g/mol. The lowest BCUT2D eigenvalue weighted by Gasteiger charge is -2.17. The van der Waals surface area contributed by atoms with Crippen LogP contribution in [0.1, 0.15) is 25.3 Å². The van der Waals surface area contributed by atoms with Gasteiger partial charge < -0.3 is 4.42 Å². The number of carbonyl (C=O) groups is 3. The summed E-state index contributed by atoms with van der Waals surface area (Å²) in [6.07, 6.45) is 0. The van der Waals surface area contributed by atoms with Gasteiger partial charge in [0.1, 0.15) is 11.5 Å². The van der Waals surface area contributed by atoms with Crippen LogP contribution in [0, 0.1) is 6.92 Å². The van der Waals surface area contributed by atoms with Gasteiger partial charge >= 0.3 is 17.8 Å². The Labute approximate surface area is 138 Å². The molecule has 4 amide bonds. The molecule has 2 aromatic rings. The molecule has 1 aliphatic heterocycles. The molecule has 24 heavy (non-hydrogen) atoms. The Bertz CT molecular complexity index is 810. The molecule has 1 aliphatic rings. The SMILES string of the molecule is Cc1oc(-c2ccccc2)nc1CN1C(=O)C(=O)N(C(C)C)C1=O. The van der Waals surface area contributed by atoms with Crippen LogP contribution in [-0.4, -0.2) is 38.7 Å². The quantitative estimate of drug-likeness (QED) is 0.636. The molecule has 124 valence electrons. The summed E-state index contributed by atoms with van der Waals surface area (Å²) in [6, 6.07) is 8.31. The van der Waals surface area contributed by atoms with Crippen LogP contribution in [0.5, 0.6) is 0 Å². The number of amides is 4. The van der Waals surface area contributed by atoms with Crippen molar-refractivity contribution in [3.05, 3.63) is 41.8 Å². The molecule has 0 atom stereocenters. The normalized spacial score (nSPS) is 15.1.